The quantitative estimate of drug-likeness (QED) is 0.694. The topological polar surface area (TPSA) is 119 Å². The molecule has 0 aromatic heterocycles. The highest BCUT2D eigenvalue weighted by atomic mass is 16.5. The van der Waals surface area contributed by atoms with Crippen molar-refractivity contribution in [3.05, 3.63) is 24.3 Å². The molecule has 1 saturated heterocycles. The number of para-hydroxylation sites is 2. The molecule has 0 bridgehead atoms. The summed E-state index contributed by atoms with van der Waals surface area (Å²) >= 11 is 0. The Labute approximate surface area is 145 Å². The number of nitrogens with zero attached hydrogens (tertiary/aromatic N) is 2. The lowest BCUT2D eigenvalue weighted by Crippen LogP contribution is -2.49. The lowest BCUT2D eigenvalue weighted by molar-refractivity contribution is -0.159. The second-order valence-corrected chi connectivity index (χ2v) is 5.16. The van der Waals surface area contributed by atoms with E-state index in [0.29, 0.717) is 11.4 Å². The van der Waals surface area contributed by atoms with Gasteiger partial charge in [0.15, 0.2) is 0 Å². The van der Waals surface area contributed by atoms with Crippen molar-refractivity contribution in [1.29, 1.82) is 0 Å². The van der Waals surface area contributed by atoms with Gasteiger partial charge in [0, 0.05) is 26.2 Å². The van der Waals surface area contributed by atoms with E-state index in [9.17, 15) is 4.79 Å². The fourth-order valence-electron chi connectivity index (χ4n) is 2.21. The zero-order valence-electron chi connectivity index (χ0n) is 14.3. The van der Waals surface area contributed by atoms with E-state index < -0.39 is 11.9 Å². The van der Waals surface area contributed by atoms with Gasteiger partial charge in [-0.15, -0.1) is 0 Å². The van der Waals surface area contributed by atoms with Gasteiger partial charge < -0.3 is 30.1 Å². The fraction of sp³-hybridized carbons (Fsp3) is 0.438. The van der Waals surface area contributed by atoms with Crippen molar-refractivity contribution in [1.82, 2.24) is 9.80 Å². The number of anilines is 1. The second kappa shape index (κ2) is 10.1. The van der Waals surface area contributed by atoms with Gasteiger partial charge in [0.05, 0.1) is 12.8 Å². The molecular weight excluding hydrogens is 330 g/mol. The first-order chi connectivity index (χ1) is 11.9. The molecule has 1 fully saturated rings. The Morgan fingerprint density at radius 2 is 1.64 bits per heavy atom. The van der Waals surface area contributed by atoms with E-state index in [4.69, 9.17) is 24.5 Å². The lowest BCUT2D eigenvalue weighted by Gasteiger charge is -2.34. The summed E-state index contributed by atoms with van der Waals surface area (Å²) in [6, 6.07) is 7.39. The number of hydrogen-bond acceptors (Lipinski definition) is 5. The normalized spacial score (nSPS) is 14.1. The highest BCUT2D eigenvalue weighted by Crippen LogP contribution is 2.23. The van der Waals surface area contributed by atoms with Crippen molar-refractivity contribution in [3.63, 3.8) is 0 Å². The smallest absolute Gasteiger partial charge is 0.414 e. The van der Waals surface area contributed by atoms with Crippen molar-refractivity contribution in [2.24, 2.45) is 0 Å². The number of aliphatic carboxylic acids is 2. The minimum Gasteiger partial charge on any atom is -0.495 e. The number of carboxylic acid groups (broad SMARTS) is 2. The van der Waals surface area contributed by atoms with Crippen molar-refractivity contribution in [3.8, 4) is 5.75 Å². The Bertz CT molecular complexity index is 587. The number of urea groups is 1. The molecule has 0 saturated carbocycles. The van der Waals surface area contributed by atoms with Gasteiger partial charge in [-0.25, -0.2) is 14.4 Å². The molecule has 0 radical (unpaired) electrons. The molecule has 9 heteroatoms. The summed E-state index contributed by atoms with van der Waals surface area (Å²) in [4.78, 5) is 34.6. The molecule has 1 aromatic carbocycles. The van der Waals surface area contributed by atoms with E-state index in [0.717, 1.165) is 32.7 Å². The van der Waals surface area contributed by atoms with E-state index in [1.165, 1.54) is 0 Å². The molecule has 0 unspecified atom stereocenters. The monoisotopic (exact) mass is 353 g/mol. The van der Waals surface area contributed by atoms with Crippen LogP contribution in [-0.2, 0) is 9.59 Å². The van der Waals surface area contributed by atoms with Crippen LogP contribution in [0, 0.1) is 0 Å². The van der Waals surface area contributed by atoms with Crippen LogP contribution in [-0.4, -0.2) is 77.8 Å². The summed E-state index contributed by atoms with van der Waals surface area (Å²) in [5, 5.41) is 17.7. The number of carbonyl (C=O) groups excluding carboxylic acids is 1. The Kier molecular flexibility index (Phi) is 8.21. The molecule has 2 amide bonds. The highest BCUT2D eigenvalue weighted by Gasteiger charge is 2.20. The van der Waals surface area contributed by atoms with Gasteiger partial charge >= 0.3 is 18.0 Å². The number of piperazine rings is 1. The zero-order valence-corrected chi connectivity index (χ0v) is 14.3. The van der Waals surface area contributed by atoms with Gasteiger partial charge in [-0.3, -0.25) is 0 Å². The van der Waals surface area contributed by atoms with Crippen LogP contribution < -0.4 is 10.1 Å². The average Bonchev–Trinajstić information content (AvgIpc) is 2.62. The number of ether oxygens (including phenoxy) is 1. The van der Waals surface area contributed by atoms with Gasteiger partial charge in [-0.1, -0.05) is 19.1 Å². The van der Waals surface area contributed by atoms with Crippen LogP contribution in [0.4, 0.5) is 10.5 Å². The largest absolute Gasteiger partial charge is 0.495 e. The summed E-state index contributed by atoms with van der Waals surface area (Å²) in [5.41, 5.74) is 0.716. The first-order valence-corrected chi connectivity index (χ1v) is 7.76. The van der Waals surface area contributed by atoms with Crippen LogP contribution in [0.5, 0.6) is 5.75 Å². The molecular formula is C16H23N3O6. The predicted octanol–water partition coefficient (Wildman–Crippen LogP) is 1.02. The van der Waals surface area contributed by atoms with Crippen molar-refractivity contribution in [2.45, 2.75) is 6.92 Å². The van der Waals surface area contributed by atoms with Crippen LogP contribution in [0.15, 0.2) is 24.3 Å². The third kappa shape index (κ3) is 6.68. The van der Waals surface area contributed by atoms with E-state index >= 15 is 0 Å². The van der Waals surface area contributed by atoms with Crippen molar-refractivity contribution >= 4 is 23.7 Å². The molecule has 9 nitrogen and oxygen atoms in total. The van der Waals surface area contributed by atoms with Gasteiger partial charge in [-0.05, 0) is 18.7 Å². The third-order valence-corrected chi connectivity index (χ3v) is 3.64. The standard InChI is InChI=1S/C14H21N3O2.C2H2O4/c1-3-16-8-10-17(11-9-16)14(18)15-12-6-4-5-7-13(12)19-2;3-1(4)2(5)6/h4-7H,3,8-11H2,1-2H3,(H,15,18);(H,3,4)(H,5,6). The molecule has 25 heavy (non-hydrogen) atoms. The van der Waals surface area contributed by atoms with Crippen LogP contribution in [0.2, 0.25) is 0 Å². The summed E-state index contributed by atoms with van der Waals surface area (Å²) in [5.74, 6) is -2.96. The number of rotatable bonds is 3. The molecule has 2 rings (SSSR count). The van der Waals surface area contributed by atoms with Gasteiger partial charge in [-0.2, -0.15) is 0 Å². The van der Waals surface area contributed by atoms with Crippen molar-refractivity contribution in [2.75, 3.05) is 45.2 Å². The van der Waals surface area contributed by atoms with E-state index in [2.05, 4.69) is 17.1 Å². The van der Waals surface area contributed by atoms with Gasteiger partial charge in [0.25, 0.3) is 0 Å². The molecule has 3 N–H and O–H groups in total. The Morgan fingerprint density at radius 3 is 2.12 bits per heavy atom. The first kappa shape index (κ1) is 20.2. The maximum atomic E-state index is 12.2. The third-order valence-electron chi connectivity index (χ3n) is 3.64. The van der Waals surface area contributed by atoms with Gasteiger partial charge in [0.1, 0.15) is 5.75 Å². The molecule has 0 atom stereocenters. The number of carboxylic acids is 2. The zero-order chi connectivity index (χ0) is 18.8. The molecule has 1 aromatic rings. The number of amides is 2. The van der Waals surface area contributed by atoms with Crippen LogP contribution in [0.1, 0.15) is 6.92 Å². The van der Waals surface area contributed by atoms with Crippen LogP contribution in [0.25, 0.3) is 0 Å². The number of hydrogen-bond donors (Lipinski definition) is 3. The fourth-order valence-corrected chi connectivity index (χ4v) is 2.21. The molecule has 1 aliphatic rings. The van der Waals surface area contributed by atoms with Crippen LogP contribution >= 0.6 is 0 Å². The molecule has 1 heterocycles. The Morgan fingerprint density at radius 1 is 1.08 bits per heavy atom. The molecule has 138 valence electrons. The summed E-state index contributed by atoms with van der Waals surface area (Å²) in [7, 11) is 1.60. The minimum atomic E-state index is -1.82. The Hall–Kier alpha value is -2.81. The number of benzene rings is 1. The number of methoxy groups -OCH3 is 1. The highest BCUT2D eigenvalue weighted by molar-refractivity contribution is 6.27. The maximum Gasteiger partial charge on any atom is 0.414 e. The number of likely N-dealkylation sites (N-methyl/N-ethyl adjacent to an activating group) is 1. The van der Waals surface area contributed by atoms with E-state index in [1.54, 1.807) is 7.11 Å². The lowest BCUT2D eigenvalue weighted by atomic mass is 10.3. The Balaban J connectivity index is 0.000000450. The predicted molar refractivity (Wildman–Crippen MR) is 91.0 cm³/mol. The summed E-state index contributed by atoms with van der Waals surface area (Å²) in [6.07, 6.45) is 0. The molecule has 0 aliphatic carbocycles. The summed E-state index contributed by atoms with van der Waals surface area (Å²) < 4.78 is 5.23. The maximum absolute atomic E-state index is 12.2. The second-order valence-electron chi connectivity index (χ2n) is 5.16. The van der Waals surface area contributed by atoms with Gasteiger partial charge in [0.2, 0.25) is 0 Å². The summed E-state index contributed by atoms with van der Waals surface area (Å²) in [6.45, 7) is 6.61. The minimum absolute atomic E-state index is 0.0553. The molecule has 0 spiro atoms. The van der Waals surface area contributed by atoms with Crippen LogP contribution in [0.3, 0.4) is 0 Å². The SMILES string of the molecule is CCN1CCN(C(=O)Nc2ccccc2OC)CC1.O=C(O)C(=O)O. The average molecular weight is 353 g/mol. The molecule has 1 aliphatic heterocycles. The first-order valence-electron chi connectivity index (χ1n) is 7.76. The number of carbonyl (C=O) groups is 3. The van der Waals surface area contributed by atoms with Crippen molar-refractivity contribution < 1.29 is 29.3 Å². The van der Waals surface area contributed by atoms with E-state index in [-0.39, 0.29) is 6.03 Å². The number of nitrogens with one attached hydrogen (secondary N) is 1. The van der Waals surface area contributed by atoms with E-state index in [1.807, 2.05) is 29.2 Å².